The van der Waals surface area contributed by atoms with Gasteiger partial charge >= 0.3 is 0 Å². The van der Waals surface area contributed by atoms with Crippen molar-refractivity contribution in [3.05, 3.63) is 234 Å². The van der Waals surface area contributed by atoms with Crippen molar-refractivity contribution in [2.45, 2.75) is 19.3 Å². The van der Waals surface area contributed by atoms with Crippen LogP contribution in [0, 0.1) is 13.8 Å². The maximum absolute atomic E-state index is 7.13. The first-order chi connectivity index (χ1) is 29.1. The van der Waals surface area contributed by atoms with Crippen molar-refractivity contribution in [2.24, 2.45) is 0 Å². The Morgan fingerprint density at radius 1 is 0.407 bits per heavy atom. The highest BCUT2D eigenvalue weighted by molar-refractivity contribution is 6.20. The fourth-order valence-corrected chi connectivity index (χ4v) is 10.4. The Labute approximate surface area is 344 Å². The zero-order chi connectivity index (χ0) is 39.2. The van der Waals surface area contributed by atoms with E-state index in [-0.39, 0.29) is 0 Å². The number of aryl methyl sites for hydroxylation is 2. The van der Waals surface area contributed by atoms with E-state index in [1.54, 1.807) is 0 Å². The molecule has 10 aromatic rings. The number of rotatable bonds is 5. The molecule has 12 rings (SSSR count). The van der Waals surface area contributed by atoms with E-state index in [0.29, 0.717) is 0 Å². The Balaban J connectivity index is 1.20. The van der Waals surface area contributed by atoms with Crippen LogP contribution in [-0.4, -0.2) is 0 Å². The van der Waals surface area contributed by atoms with Crippen LogP contribution in [0.25, 0.3) is 66.4 Å². The molecular weight excluding hydrogens is 715 g/mol. The second-order valence-corrected chi connectivity index (χ2v) is 16.1. The third-order valence-corrected chi connectivity index (χ3v) is 13.0. The van der Waals surface area contributed by atoms with Gasteiger partial charge in [0.1, 0.15) is 5.58 Å². The zero-order valence-electron chi connectivity index (χ0n) is 32.9. The van der Waals surface area contributed by atoms with Crippen LogP contribution in [0.15, 0.2) is 205 Å². The van der Waals surface area contributed by atoms with Crippen molar-refractivity contribution in [3.63, 3.8) is 0 Å². The van der Waals surface area contributed by atoms with E-state index in [1.807, 2.05) is 0 Å². The second-order valence-electron chi connectivity index (χ2n) is 16.1. The Hall–Kier alpha value is -7.42. The monoisotopic (exact) mass is 753 g/mol. The van der Waals surface area contributed by atoms with E-state index in [1.165, 1.54) is 77.9 Å². The van der Waals surface area contributed by atoms with Crippen molar-refractivity contribution in [1.29, 1.82) is 0 Å². The van der Waals surface area contributed by atoms with Gasteiger partial charge in [-0.3, -0.25) is 0 Å². The lowest BCUT2D eigenvalue weighted by atomic mass is 9.70. The van der Waals surface area contributed by atoms with Gasteiger partial charge in [0, 0.05) is 22.1 Å². The van der Waals surface area contributed by atoms with Crippen molar-refractivity contribution < 1.29 is 4.42 Å². The van der Waals surface area contributed by atoms with Crippen LogP contribution in [0.3, 0.4) is 0 Å². The molecule has 0 saturated carbocycles. The smallest absolute Gasteiger partial charge is 0.160 e. The van der Waals surface area contributed by atoms with Crippen molar-refractivity contribution >= 4 is 39.0 Å². The SMILES string of the molecule is Cc1ccccc1-c1ccc(N(c2ccc(-c3ccccc3)cc2)c2cc3c(c4c2oc2ccccc24)-c2ccccc2C32c3ccccc3-c3ccccc32)cc1C. The van der Waals surface area contributed by atoms with E-state index < -0.39 is 5.41 Å². The fourth-order valence-electron chi connectivity index (χ4n) is 10.4. The van der Waals surface area contributed by atoms with Crippen molar-refractivity contribution in [2.75, 3.05) is 4.90 Å². The Kier molecular flexibility index (Phi) is 7.31. The van der Waals surface area contributed by atoms with Crippen LogP contribution in [0.5, 0.6) is 0 Å². The molecule has 0 unspecified atom stereocenters. The summed E-state index contributed by atoms with van der Waals surface area (Å²) in [7, 11) is 0. The number of furan rings is 1. The van der Waals surface area contributed by atoms with Gasteiger partial charge in [-0.15, -0.1) is 0 Å². The molecule has 2 heteroatoms. The molecule has 1 heterocycles. The topological polar surface area (TPSA) is 16.4 Å². The lowest BCUT2D eigenvalue weighted by molar-refractivity contribution is 0.668. The van der Waals surface area contributed by atoms with Gasteiger partial charge in [0.15, 0.2) is 5.58 Å². The van der Waals surface area contributed by atoms with E-state index in [4.69, 9.17) is 4.42 Å². The highest BCUT2D eigenvalue weighted by Crippen LogP contribution is 2.65. The summed E-state index contributed by atoms with van der Waals surface area (Å²) < 4.78 is 7.13. The minimum absolute atomic E-state index is 0.520. The minimum Gasteiger partial charge on any atom is -0.454 e. The van der Waals surface area contributed by atoms with Crippen LogP contribution in [0.2, 0.25) is 0 Å². The summed E-state index contributed by atoms with van der Waals surface area (Å²) >= 11 is 0. The van der Waals surface area contributed by atoms with Crippen LogP contribution in [-0.2, 0) is 5.41 Å². The summed E-state index contributed by atoms with van der Waals surface area (Å²) in [6, 6.07) is 73.4. The molecule has 1 aromatic heterocycles. The zero-order valence-corrected chi connectivity index (χ0v) is 32.9. The number of nitrogens with zero attached hydrogens (tertiary/aromatic N) is 1. The largest absolute Gasteiger partial charge is 0.454 e. The molecule has 1 spiro atoms. The molecular formula is C57H39NO. The average Bonchev–Trinajstić information content (AvgIpc) is 3.92. The first kappa shape index (κ1) is 33.7. The van der Waals surface area contributed by atoms with Gasteiger partial charge in [-0.05, 0) is 128 Å². The lowest BCUT2D eigenvalue weighted by Gasteiger charge is -2.32. The van der Waals surface area contributed by atoms with Crippen molar-refractivity contribution in [3.8, 4) is 44.5 Å². The number of para-hydroxylation sites is 1. The first-order valence-corrected chi connectivity index (χ1v) is 20.5. The van der Waals surface area contributed by atoms with Crippen molar-refractivity contribution in [1.82, 2.24) is 0 Å². The first-order valence-electron chi connectivity index (χ1n) is 20.5. The molecule has 2 aliphatic rings. The van der Waals surface area contributed by atoms with Gasteiger partial charge in [-0.1, -0.05) is 164 Å². The van der Waals surface area contributed by atoms with Gasteiger partial charge in [0.05, 0.1) is 11.1 Å². The number of benzene rings is 9. The maximum atomic E-state index is 7.13. The molecule has 9 aromatic carbocycles. The molecule has 278 valence electrons. The van der Waals surface area contributed by atoms with Gasteiger partial charge in [0.25, 0.3) is 0 Å². The summed E-state index contributed by atoms with van der Waals surface area (Å²) in [6.45, 7) is 4.43. The molecule has 0 saturated heterocycles. The molecule has 59 heavy (non-hydrogen) atoms. The minimum atomic E-state index is -0.520. The Morgan fingerprint density at radius 2 is 0.949 bits per heavy atom. The number of hydrogen-bond acceptors (Lipinski definition) is 2. The molecule has 0 bridgehead atoms. The molecule has 0 aliphatic heterocycles. The van der Waals surface area contributed by atoms with Crippen LogP contribution >= 0.6 is 0 Å². The van der Waals surface area contributed by atoms with E-state index in [0.717, 1.165) is 39.0 Å². The van der Waals surface area contributed by atoms with E-state index >= 15 is 0 Å². The molecule has 0 fully saturated rings. The van der Waals surface area contributed by atoms with Gasteiger partial charge in [-0.2, -0.15) is 0 Å². The summed E-state index contributed by atoms with van der Waals surface area (Å²) in [6.07, 6.45) is 0. The highest BCUT2D eigenvalue weighted by Gasteiger charge is 2.52. The maximum Gasteiger partial charge on any atom is 0.160 e. The molecule has 0 radical (unpaired) electrons. The molecule has 2 aliphatic carbocycles. The summed E-state index contributed by atoms with van der Waals surface area (Å²) in [5, 5.41) is 2.27. The van der Waals surface area contributed by atoms with Gasteiger partial charge in [-0.25, -0.2) is 0 Å². The summed E-state index contributed by atoms with van der Waals surface area (Å²) in [5.41, 5.74) is 22.1. The number of anilines is 3. The molecule has 0 amide bonds. The number of fused-ring (bicyclic) bond motifs is 14. The molecule has 2 nitrogen and oxygen atoms in total. The third-order valence-electron chi connectivity index (χ3n) is 13.0. The van der Waals surface area contributed by atoms with Gasteiger partial charge in [0.2, 0.25) is 0 Å². The summed E-state index contributed by atoms with van der Waals surface area (Å²) in [4.78, 5) is 2.43. The van der Waals surface area contributed by atoms with Crippen LogP contribution in [0.4, 0.5) is 17.1 Å². The van der Waals surface area contributed by atoms with E-state index in [9.17, 15) is 0 Å². The van der Waals surface area contributed by atoms with Crippen LogP contribution < -0.4 is 4.90 Å². The Bertz CT molecular complexity index is 3250. The summed E-state index contributed by atoms with van der Waals surface area (Å²) in [5.74, 6) is 0. The molecule has 0 N–H and O–H groups in total. The Morgan fingerprint density at radius 3 is 1.64 bits per heavy atom. The third kappa shape index (κ3) is 4.75. The quantitative estimate of drug-likeness (QED) is 0.174. The average molecular weight is 754 g/mol. The standard InChI is InChI=1S/C57H39NO/c1-36-16-6-7-19-42(36)43-33-32-41(34-37(43)2)58(40-30-28-39(29-31-40)38-17-4-3-5-18-38)52-35-51-54(55-47-23-11-15-27-53(47)59-56(52)55)46-22-10-14-26-50(46)57(51)48-24-12-8-20-44(48)45-21-9-13-25-49(45)57/h3-35H,1-2H3. The normalized spacial score (nSPS) is 13.1. The van der Waals surface area contributed by atoms with E-state index in [2.05, 4.69) is 219 Å². The van der Waals surface area contributed by atoms with Crippen LogP contribution in [0.1, 0.15) is 33.4 Å². The van der Waals surface area contributed by atoms with Gasteiger partial charge < -0.3 is 9.32 Å². The highest BCUT2D eigenvalue weighted by atomic mass is 16.3. The number of hydrogen-bond donors (Lipinski definition) is 0. The predicted octanol–water partition coefficient (Wildman–Crippen LogP) is 15.4. The fraction of sp³-hybridized carbons (Fsp3) is 0.0526. The molecule has 0 atom stereocenters. The lowest BCUT2D eigenvalue weighted by Crippen LogP contribution is -2.26. The second kappa shape index (κ2) is 12.8. The predicted molar refractivity (Wildman–Crippen MR) is 245 cm³/mol.